The van der Waals surface area contributed by atoms with E-state index in [2.05, 4.69) is 44.0 Å². The number of hydrogen-bond donors (Lipinski definition) is 1. The molecule has 0 bridgehead atoms. The minimum absolute atomic E-state index is 0.0915. The summed E-state index contributed by atoms with van der Waals surface area (Å²) in [6.07, 6.45) is 3.69. The highest BCUT2D eigenvalue weighted by atomic mass is 32.1. The molecule has 5 nitrogen and oxygen atoms in total. The van der Waals surface area contributed by atoms with E-state index in [1.165, 1.54) is 16.0 Å². The summed E-state index contributed by atoms with van der Waals surface area (Å²) < 4.78 is 6.23. The van der Waals surface area contributed by atoms with Crippen molar-refractivity contribution in [3.63, 3.8) is 0 Å². The van der Waals surface area contributed by atoms with Crippen LogP contribution in [0.2, 0.25) is 0 Å². The molecule has 6 heteroatoms. The van der Waals surface area contributed by atoms with Crippen molar-refractivity contribution < 1.29 is 14.6 Å². The van der Waals surface area contributed by atoms with Crippen LogP contribution in [0.3, 0.4) is 0 Å². The first-order chi connectivity index (χ1) is 15.4. The van der Waals surface area contributed by atoms with E-state index in [4.69, 9.17) is 4.74 Å². The number of benzene rings is 1. The van der Waals surface area contributed by atoms with Crippen molar-refractivity contribution >= 4 is 17.2 Å². The molecule has 0 unspecified atom stereocenters. The predicted molar refractivity (Wildman–Crippen MR) is 131 cm³/mol. The summed E-state index contributed by atoms with van der Waals surface area (Å²) in [5.41, 5.74) is 3.52. The Morgan fingerprint density at radius 2 is 2.22 bits per heavy atom. The highest BCUT2D eigenvalue weighted by Crippen LogP contribution is 2.34. The smallest absolute Gasteiger partial charge is 0.237 e. The molecule has 2 atom stereocenters. The molecule has 3 rings (SSSR count). The van der Waals surface area contributed by atoms with Crippen LogP contribution in [0.5, 0.6) is 5.75 Å². The van der Waals surface area contributed by atoms with Crippen LogP contribution in [-0.4, -0.2) is 59.7 Å². The topological polar surface area (TPSA) is 53.0 Å². The average Bonchev–Trinajstić information content (AvgIpc) is 3.25. The summed E-state index contributed by atoms with van der Waals surface area (Å²) in [6, 6.07) is 8.22. The second kappa shape index (κ2) is 11.6. The molecule has 0 aliphatic carbocycles. The maximum absolute atomic E-state index is 13.4. The van der Waals surface area contributed by atoms with E-state index < -0.39 is 6.10 Å². The van der Waals surface area contributed by atoms with Gasteiger partial charge in [0.2, 0.25) is 5.91 Å². The van der Waals surface area contributed by atoms with Crippen LogP contribution >= 0.6 is 11.3 Å². The zero-order chi connectivity index (χ0) is 23.1. The SMILES string of the molecule is C=CCC[C@H](O)CN(CC)CC(=O)N1CCc2sccc2[C@@H]1COc1ccc(C)cc1C. The van der Waals surface area contributed by atoms with Crippen LogP contribution in [0.4, 0.5) is 0 Å². The van der Waals surface area contributed by atoms with Crippen LogP contribution < -0.4 is 4.74 Å². The number of aliphatic hydroxyl groups is 1. The van der Waals surface area contributed by atoms with Gasteiger partial charge in [-0.3, -0.25) is 9.69 Å². The maximum Gasteiger partial charge on any atom is 0.237 e. The van der Waals surface area contributed by atoms with Crippen LogP contribution in [0.1, 0.15) is 47.4 Å². The number of rotatable bonds is 11. The van der Waals surface area contributed by atoms with Gasteiger partial charge in [0.05, 0.1) is 18.7 Å². The third-order valence-corrected chi connectivity index (χ3v) is 7.12. The Hall–Kier alpha value is -2.15. The Morgan fingerprint density at radius 1 is 1.41 bits per heavy atom. The number of carbonyl (C=O) groups excluding carboxylic acids is 1. The fourth-order valence-corrected chi connectivity index (χ4v) is 5.22. The van der Waals surface area contributed by atoms with Crippen molar-refractivity contribution in [3.05, 3.63) is 63.9 Å². The molecule has 2 aromatic rings. The van der Waals surface area contributed by atoms with E-state index in [0.29, 0.717) is 32.7 Å². The lowest BCUT2D eigenvalue weighted by Gasteiger charge is -2.37. The van der Waals surface area contributed by atoms with Crippen molar-refractivity contribution in [1.29, 1.82) is 0 Å². The van der Waals surface area contributed by atoms with Gasteiger partial charge in [0, 0.05) is 18.0 Å². The van der Waals surface area contributed by atoms with Gasteiger partial charge in [-0.05, 0) is 68.3 Å². The highest BCUT2D eigenvalue weighted by Gasteiger charge is 2.33. The number of fused-ring (bicyclic) bond motifs is 1. The van der Waals surface area contributed by atoms with Crippen LogP contribution in [-0.2, 0) is 11.2 Å². The summed E-state index contributed by atoms with van der Waals surface area (Å²) in [6.45, 7) is 12.5. The lowest BCUT2D eigenvalue weighted by Crippen LogP contribution is -2.47. The summed E-state index contributed by atoms with van der Waals surface area (Å²) in [4.78, 5) is 18.7. The summed E-state index contributed by atoms with van der Waals surface area (Å²) in [5.74, 6) is 0.958. The molecule has 0 saturated heterocycles. The van der Waals surface area contributed by atoms with Gasteiger partial charge in [-0.15, -0.1) is 17.9 Å². The van der Waals surface area contributed by atoms with Crippen molar-refractivity contribution in [1.82, 2.24) is 9.80 Å². The third-order valence-electron chi connectivity index (χ3n) is 6.12. The number of likely N-dealkylation sites (N-methyl/N-ethyl adjacent to an activating group) is 1. The van der Waals surface area contributed by atoms with Crippen molar-refractivity contribution in [2.24, 2.45) is 0 Å². The number of aliphatic hydroxyl groups excluding tert-OH is 1. The fourth-order valence-electron chi connectivity index (χ4n) is 4.29. The van der Waals surface area contributed by atoms with E-state index in [0.717, 1.165) is 30.7 Å². The van der Waals surface area contributed by atoms with Gasteiger partial charge >= 0.3 is 0 Å². The largest absolute Gasteiger partial charge is 0.491 e. The number of amides is 1. The Bertz CT molecular complexity index is 910. The van der Waals surface area contributed by atoms with Crippen molar-refractivity contribution in [2.45, 2.75) is 52.2 Å². The van der Waals surface area contributed by atoms with E-state index in [9.17, 15) is 9.90 Å². The molecule has 2 heterocycles. The first kappa shape index (κ1) is 24.5. The van der Waals surface area contributed by atoms with E-state index in [-0.39, 0.29) is 11.9 Å². The standard InChI is InChI=1S/C26H36N2O3S/c1-5-7-8-21(29)16-27(6-2)17-26(30)28-13-11-25-22(12-14-32-25)23(28)18-31-24-10-9-19(3)15-20(24)4/h5,9-10,12,14-15,21,23,29H,1,6-8,11,13,16-18H2,2-4H3/t21-,23-/m0/s1. The minimum atomic E-state index is -0.450. The molecule has 0 radical (unpaired) electrons. The number of thiophene rings is 1. The third kappa shape index (κ3) is 6.21. The number of allylic oxidation sites excluding steroid dienone is 1. The molecular weight excluding hydrogens is 420 g/mol. The molecule has 0 saturated carbocycles. The molecule has 174 valence electrons. The number of carbonyl (C=O) groups is 1. The number of aryl methyl sites for hydroxylation is 2. The lowest BCUT2D eigenvalue weighted by molar-refractivity contribution is -0.136. The Morgan fingerprint density at radius 3 is 2.94 bits per heavy atom. The second-order valence-corrected chi connectivity index (χ2v) is 9.58. The minimum Gasteiger partial charge on any atom is -0.491 e. The Kier molecular flexibility index (Phi) is 8.91. The van der Waals surface area contributed by atoms with Crippen molar-refractivity contribution in [2.75, 3.05) is 32.8 Å². The molecule has 1 aliphatic heterocycles. The van der Waals surface area contributed by atoms with Gasteiger partial charge in [0.1, 0.15) is 12.4 Å². The van der Waals surface area contributed by atoms with Crippen LogP contribution in [0.15, 0.2) is 42.3 Å². The van der Waals surface area contributed by atoms with Gasteiger partial charge in [-0.25, -0.2) is 0 Å². The van der Waals surface area contributed by atoms with Gasteiger partial charge in [-0.2, -0.15) is 0 Å². The van der Waals surface area contributed by atoms with Gasteiger partial charge < -0.3 is 14.7 Å². The van der Waals surface area contributed by atoms with Gasteiger partial charge in [0.15, 0.2) is 0 Å². The number of hydrogen-bond acceptors (Lipinski definition) is 5. The molecule has 1 amide bonds. The maximum atomic E-state index is 13.4. The molecule has 32 heavy (non-hydrogen) atoms. The second-order valence-electron chi connectivity index (χ2n) is 8.58. The van der Waals surface area contributed by atoms with Gasteiger partial charge in [0.25, 0.3) is 0 Å². The normalized spacial score (nSPS) is 16.7. The van der Waals surface area contributed by atoms with Crippen LogP contribution in [0, 0.1) is 13.8 Å². The summed E-state index contributed by atoms with van der Waals surface area (Å²) in [5, 5.41) is 12.4. The quantitative estimate of drug-likeness (QED) is 0.505. The summed E-state index contributed by atoms with van der Waals surface area (Å²) >= 11 is 1.76. The van der Waals surface area contributed by atoms with Gasteiger partial charge in [-0.1, -0.05) is 30.7 Å². The lowest BCUT2D eigenvalue weighted by atomic mass is 10.00. The number of nitrogens with zero attached hydrogens (tertiary/aromatic N) is 2. The molecule has 0 spiro atoms. The number of ether oxygens (including phenoxy) is 1. The highest BCUT2D eigenvalue weighted by molar-refractivity contribution is 7.10. The molecule has 1 aromatic carbocycles. The first-order valence-electron chi connectivity index (χ1n) is 11.5. The van der Waals surface area contributed by atoms with E-state index >= 15 is 0 Å². The monoisotopic (exact) mass is 456 g/mol. The Labute approximate surface area is 196 Å². The van der Waals surface area contributed by atoms with Crippen molar-refractivity contribution in [3.8, 4) is 5.75 Å². The zero-order valence-electron chi connectivity index (χ0n) is 19.5. The molecule has 1 N–H and O–H groups in total. The van der Waals surface area contributed by atoms with E-state index in [1.807, 2.05) is 28.9 Å². The Balaban J connectivity index is 1.70. The fraction of sp³-hybridized carbons (Fsp3) is 0.500. The predicted octanol–water partition coefficient (Wildman–Crippen LogP) is 4.52. The molecule has 0 fully saturated rings. The zero-order valence-corrected chi connectivity index (χ0v) is 20.4. The summed E-state index contributed by atoms with van der Waals surface area (Å²) in [7, 11) is 0. The average molecular weight is 457 g/mol. The van der Waals surface area contributed by atoms with Crippen LogP contribution in [0.25, 0.3) is 0 Å². The molecular formula is C26H36N2O3S. The van der Waals surface area contributed by atoms with E-state index in [1.54, 1.807) is 11.3 Å². The first-order valence-corrected chi connectivity index (χ1v) is 12.4. The molecule has 1 aliphatic rings. The molecule has 1 aromatic heterocycles.